The zero-order valence-corrected chi connectivity index (χ0v) is 14.4. The highest BCUT2D eigenvalue weighted by atomic mass is 16.6. The molecule has 0 aliphatic heterocycles. The van der Waals surface area contributed by atoms with Crippen molar-refractivity contribution in [3.8, 4) is 5.75 Å². The Morgan fingerprint density at radius 3 is 2.48 bits per heavy atom. The summed E-state index contributed by atoms with van der Waals surface area (Å²) >= 11 is 0. The number of carbonyl (C=O) groups excluding carboxylic acids is 1. The molecule has 1 N–H and O–H groups in total. The molecule has 0 atom stereocenters. The minimum atomic E-state index is -0.420. The minimum absolute atomic E-state index is 0.236. The lowest BCUT2D eigenvalue weighted by molar-refractivity contribution is 0.124. The second kappa shape index (κ2) is 9.11. The van der Waals surface area contributed by atoms with Gasteiger partial charge < -0.3 is 14.8 Å². The van der Waals surface area contributed by atoms with E-state index in [1.807, 2.05) is 42.5 Å². The van der Waals surface area contributed by atoms with Gasteiger partial charge in [0.1, 0.15) is 19.0 Å². The maximum atomic E-state index is 11.7. The van der Waals surface area contributed by atoms with Gasteiger partial charge in [-0.15, -0.1) is 0 Å². The Labute approximate surface area is 149 Å². The Balaban J connectivity index is 1.39. The smallest absolute Gasteiger partial charge is 0.407 e. The number of amides is 1. The number of rotatable bonds is 7. The van der Waals surface area contributed by atoms with E-state index < -0.39 is 6.09 Å². The van der Waals surface area contributed by atoms with E-state index in [0.717, 1.165) is 11.3 Å². The van der Waals surface area contributed by atoms with E-state index in [1.165, 1.54) is 31.2 Å². The van der Waals surface area contributed by atoms with Crippen LogP contribution in [0.5, 0.6) is 5.75 Å². The van der Waals surface area contributed by atoms with Gasteiger partial charge in [0.2, 0.25) is 0 Å². The van der Waals surface area contributed by atoms with Gasteiger partial charge in [0.15, 0.2) is 0 Å². The van der Waals surface area contributed by atoms with E-state index in [2.05, 4.69) is 17.4 Å². The summed E-state index contributed by atoms with van der Waals surface area (Å²) in [5.74, 6) is 1.52. The first-order valence-corrected chi connectivity index (χ1v) is 8.99. The van der Waals surface area contributed by atoms with Gasteiger partial charge in [-0.25, -0.2) is 4.79 Å². The quantitative estimate of drug-likeness (QED) is 0.747. The first kappa shape index (κ1) is 17.3. The highest BCUT2D eigenvalue weighted by Crippen LogP contribution is 2.38. The van der Waals surface area contributed by atoms with E-state index in [9.17, 15) is 4.79 Å². The molecule has 1 amide bonds. The Morgan fingerprint density at radius 1 is 0.960 bits per heavy atom. The molecule has 0 bridgehead atoms. The fourth-order valence-corrected chi connectivity index (χ4v) is 3.29. The zero-order chi connectivity index (χ0) is 17.3. The minimum Gasteiger partial charge on any atom is -0.490 e. The molecule has 1 aliphatic rings. The van der Waals surface area contributed by atoms with Gasteiger partial charge in [-0.05, 0) is 36.0 Å². The summed E-state index contributed by atoms with van der Waals surface area (Å²) in [5.41, 5.74) is 2.33. The number of ether oxygens (including phenoxy) is 2. The highest BCUT2D eigenvalue weighted by molar-refractivity contribution is 5.67. The summed E-state index contributed by atoms with van der Waals surface area (Å²) in [6, 6.07) is 18.0. The van der Waals surface area contributed by atoms with Crippen LogP contribution in [0.25, 0.3) is 0 Å². The Hall–Kier alpha value is -2.49. The molecule has 0 unspecified atom stereocenters. The second-order valence-corrected chi connectivity index (χ2v) is 6.34. The van der Waals surface area contributed by atoms with E-state index in [4.69, 9.17) is 9.47 Å². The third kappa shape index (κ3) is 5.24. The number of carbonyl (C=O) groups is 1. The molecule has 2 aromatic carbocycles. The van der Waals surface area contributed by atoms with Crippen LogP contribution in [0, 0.1) is 0 Å². The molecular formula is C21H25NO3. The number of para-hydroxylation sites is 1. The second-order valence-electron chi connectivity index (χ2n) is 6.34. The van der Waals surface area contributed by atoms with Crippen LogP contribution in [-0.4, -0.2) is 19.3 Å². The average Bonchev–Trinajstić information content (AvgIpc) is 3.19. The van der Waals surface area contributed by atoms with Gasteiger partial charge in [-0.1, -0.05) is 61.4 Å². The molecule has 1 fully saturated rings. The van der Waals surface area contributed by atoms with E-state index in [-0.39, 0.29) is 6.61 Å². The van der Waals surface area contributed by atoms with Crippen LogP contribution in [0.1, 0.15) is 42.7 Å². The highest BCUT2D eigenvalue weighted by Gasteiger charge is 2.20. The van der Waals surface area contributed by atoms with E-state index in [0.29, 0.717) is 19.1 Å². The number of alkyl carbamates (subject to hydrolysis) is 1. The van der Waals surface area contributed by atoms with Crippen molar-refractivity contribution >= 4 is 6.09 Å². The van der Waals surface area contributed by atoms with Crippen molar-refractivity contribution in [2.45, 2.75) is 38.1 Å². The largest absolute Gasteiger partial charge is 0.490 e. The van der Waals surface area contributed by atoms with Crippen LogP contribution >= 0.6 is 0 Å². The van der Waals surface area contributed by atoms with Gasteiger partial charge in [0.25, 0.3) is 0 Å². The van der Waals surface area contributed by atoms with Gasteiger partial charge in [0.05, 0.1) is 0 Å². The summed E-state index contributed by atoms with van der Waals surface area (Å²) in [5, 5.41) is 2.74. The molecule has 0 spiro atoms. The van der Waals surface area contributed by atoms with Gasteiger partial charge in [-0.3, -0.25) is 0 Å². The van der Waals surface area contributed by atoms with Crippen molar-refractivity contribution in [2.75, 3.05) is 13.2 Å². The van der Waals surface area contributed by atoms with Crippen LogP contribution < -0.4 is 10.1 Å². The van der Waals surface area contributed by atoms with Crippen molar-refractivity contribution in [1.82, 2.24) is 5.32 Å². The molecule has 0 aromatic heterocycles. The summed E-state index contributed by atoms with van der Waals surface area (Å²) in [4.78, 5) is 11.7. The van der Waals surface area contributed by atoms with E-state index in [1.54, 1.807) is 0 Å². The average molecular weight is 339 g/mol. The van der Waals surface area contributed by atoms with E-state index >= 15 is 0 Å². The summed E-state index contributed by atoms with van der Waals surface area (Å²) in [6.07, 6.45) is 4.64. The van der Waals surface area contributed by atoms with Crippen molar-refractivity contribution in [2.24, 2.45) is 0 Å². The zero-order valence-electron chi connectivity index (χ0n) is 14.4. The molecule has 1 aliphatic carbocycles. The van der Waals surface area contributed by atoms with Crippen LogP contribution in [0.4, 0.5) is 4.79 Å². The van der Waals surface area contributed by atoms with Crippen LogP contribution in [0.15, 0.2) is 54.6 Å². The van der Waals surface area contributed by atoms with Crippen LogP contribution in [-0.2, 0) is 11.3 Å². The number of benzene rings is 2. The summed E-state index contributed by atoms with van der Waals surface area (Å²) in [6.45, 7) is 1.06. The molecule has 4 heteroatoms. The molecule has 2 aromatic rings. The molecule has 3 rings (SSSR count). The number of hydrogen-bond acceptors (Lipinski definition) is 3. The fraction of sp³-hybridized carbons (Fsp3) is 0.381. The molecule has 0 heterocycles. The Bertz CT molecular complexity index is 666. The third-order valence-electron chi connectivity index (χ3n) is 4.57. The maximum Gasteiger partial charge on any atom is 0.407 e. The Morgan fingerprint density at radius 2 is 1.68 bits per heavy atom. The number of hydrogen-bond donors (Lipinski definition) is 1. The lowest BCUT2D eigenvalue weighted by atomic mass is 9.97. The normalized spacial score (nSPS) is 14.2. The topological polar surface area (TPSA) is 47.6 Å². The molecule has 1 saturated carbocycles. The van der Waals surface area contributed by atoms with Crippen molar-refractivity contribution in [1.29, 1.82) is 0 Å². The molecular weight excluding hydrogens is 314 g/mol. The molecule has 0 saturated heterocycles. The lowest BCUT2D eigenvalue weighted by Gasteiger charge is -2.16. The van der Waals surface area contributed by atoms with Gasteiger partial charge in [0, 0.05) is 6.54 Å². The Kier molecular flexibility index (Phi) is 6.32. The van der Waals surface area contributed by atoms with Gasteiger partial charge in [-0.2, -0.15) is 0 Å². The van der Waals surface area contributed by atoms with Crippen molar-refractivity contribution in [3.63, 3.8) is 0 Å². The lowest BCUT2D eigenvalue weighted by Crippen LogP contribution is -2.25. The van der Waals surface area contributed by atoms with Gasteiger partial charge >= 0.3 is 6.09 Å². The summed E-state index contributed by atoms with van der Waals surface area (Å²) in [7, 11) is 0. The van der Waals surface area contributed by atoms with Crippen molar-refractivity contribution in [3.05, 3.63) is 65.7 Å². The SMILES string of the molecule is O=C(NCc1ccccc1)OCCOc1ccccc1C1CCCC1. The third-order valence-corrected chi connectivity index (χ3v) is 4.57. The first-order valence-electron chi connectivity index (χ1n) is 8.99. The molecule has 132 valence electrons. The van der Waals surface area contributed by atoms with Crippen molar-refractivity contribution < 1.29 is 14.3 Å². The predicted molar refractivity (Wildman–Crippen MR) is 97.8 cm³/mol. The first-order chi connectivity index (χ1) is 12.3. The predicted octanol–water partition coefficient (Wildman–Crippen LogP) is 4.65. The maximum absolute atomic E-state index is 11.7. The molecule has 25 heavy (non-hydrogen) atoms. The van der Waals surface area contributed by atoms with Crippen LogP contribution in [0.3, 0.4) is 0 Å². The fourth-order valence-electron chi connectivity index (χ4n) is 3.29. The summed E-state index contributed by atoms with van der Waals surface area (Å²) < 4.78 is 11.0. The standard InChI is InChI=1S/C21H25NO3/c23-21(22-16-17-8-2-1-3-9-17)25-15-14-24-20-13-7-6-12-19(20)18-10-4-5-11-18/h1-3,6-9,12-13,18H,4-5,10-11,14-16H2,(H,22,23). The molecule has 0 radical (unpaired) electrons. The number of nitrogens with one attached hydrogen (secondary N) is 1. The molecule has 4 nitrogen and oxygen atoms in total. The monoisotopic (exact) mass is 339 g/mol. The van der Waals surface area contributed by atoms with Crippen LogP contribution in [0.2, 0.25) is 0 Å².